The maximum absolute atomic E-state index is 12.1. The average molecular weight is 361 g/mol. The van der Waals surface area contributed by atoms with Gasteiger partial charge in [-0.05, 0) is 34.1 Å². The zero-order valence-corrected chi connectivity index (χ0v) is 12.6. The number of carbonyl (C=O) groups is 1. The molecule has 0 saturated heterocycles. The Balaban J connectivity index is 2.31. The Morgan fingerprint density at radius 1 is 1.37 bits per heavy atom. The number of carbonyl (C=O) groups excluding carboxylic acids is 1. The zero-order chi connectivity index (χ0) is 14.0. The lowest BCUT2D eigenvalue weighted by Crippen LogP contribution is -2.13. The fourth-order valence-corrected chi connectivity index (χ4v) is 2.12. The molecule has 1 aromatic carbocycles. The molecular weight excluding hydrogens is 353 g/mol. The van der Waals surface area contributed by atoms with Crippen LogP contribution in [0.2, 0.25) is 10.2 Å². The Kier molecular flexibility index (Phi) is 4.29. The van der Waals surface area contributed by atoms with Crippen molar-refractivity contribution in [3.05, 3.63) is 50.7 Å². The highest BCUT2D eigenvalue weighted by Gasteiger charge is 2.14. The van der Waals surface area contributed by atoms with Crippen molar-refractivity contribution < 1.29 is 4.79 Å². The van der Waals surface area contributed by atoms with Crippen LogP contribution in [0.3, 0.4) is 0 Å². The van der Waals surface area contributed by atoms with E-state index in [0.717, 1.165) is 0 Å². The smallest absolute Gasteiger partial charge is 0.257 e. The van der Waals surface area contributed by atoms with E-state index in [-0.39, 0.29) is 15.7 Å². The lowest BCUT2D eigenvalue weighted by Gasteiger charge is -2.09. The summed E-state index contributed by atoms with van der Waals surface area (Å²) >= 11 is 15.1. The van der Waals surface area contributed by atoms with Crippen LogP contribution in [0.15, 0.2) is 34.9 Å². The molecule has 7 heteroatoms. The molecule has 0 bridgehead atoms. The number of hydrogen-bond donors (Lipinski definition) is 2. The molecule has 1 aromatic heterocycles. The van der Waals surface area contributed by atoms with Gasteiger partial charge in [-0.15, -0.1) is 0 Å². The van der Waals surface area contributed by atoms with Crippen LogP contribution in [0, 0.1) is 0 Å². The van der Waals surface area contributed by atoms with Gasteiger partial charge in [-0.25, -0.2) is 4.98 Å². The van der Waals surface area contributed by atoms with Gasteiger partial charge in [-0.3, -0.25) is 4.79 Å². The van der Waals surface area contributed by atoms with Crippen LogP contribution in [0.5, 0.6) is 0 Å². The second-order valence-electron chi connectivity index (χ2n) is 3.65. The monoisotopic (exact) mass is 359 g/mol. The van der Waals surface area contributed by atoms with Crippen molar-refractivity contribution >= 4 is 56.4 Å². The van der Waals surface area contributed by atoms with Crippen molar-refractivity contribution in [3.8, 4) is 0 Å². The zero-order valence-electron chi connectivity index (χ0n) is 9.45. The van der Waals surface area contributed by atoms with Gasteiger partial charge in [0.15, 0.2) is 5.15 Å². The van der Waals surface area contributed by atoms with Crippen LogP contribution in [-0.4, -0.2) is 10.9 Å². The van der Waals surface area contributed by atoms with E-state index in [2.05, 4.69) is 26.2 Å². The van der Waals surface area contributed by atoms with E-state index in [0.29, 0.717) is 15.8 Å². The average Bonchev–Trinajstić information content (AvgIpc) is 2.37. The first kappa shape index (κ1) is 14.1. The van der Waals surface area contributed by atoms with Gasteiger partial charge in [0.25, 0.3) is 5.91 Å². The van der Waals surface area contributed by atoms with Crippen molar-refractivity contribution in [3.63, 3.8) is 0 Å². The fourth-order valence-electron chi connectivity index (χ4n) is 1.43. The summed E-state index contributed by atoms with van der Waals surface area (Å²) in [5.74, 6) is -0.404. The summed E-state index contributed by atoms with van der Waals surface area (Å²) in [7, 11) is 0. The third-order valence-electron chi connectivity index (χ3n) is 2.33. The molecule has 1 amide bonds. The third kappa shape index (κ3) is 3.18. The molecule has 0 aliphatic heterocycles. The predicted molar refractivity (Wildman–Crippen MR) is 80.8 cm³/mol. The molecule has 0 spiro atoms. The first-order valence-electron chi connectivity index (χ1n) is 5.15. The molecule has 0 unspecified atom stereocenters. The first-order valence-corrected chi connectivity index (χ1v) is 6.70. The number of pyridine rings is 1. The number of nitrogen functional groups attached to an aromatic ring is 1. The number of aromatic nitrogens is 1. The summed E-state index contributed by atoms with van der Waals surface area (Å²) in [5, 5.41) is 3.03. The Morgan fingerprint density at radius 3 is 2.84 bits per heavy atom. The number of benzene rings is 1. The maximum Gasteiger partial charge on any atom is 0.257 e. The molecule has 19 heavy (non-hydrogen) atoms. The molecule has 98 valence electrons. The van der Waals surface area contributed by atoms with Gasteiger partial charge in [-0.1, -0.05) is 29.3 Å². The van der Waals surface area contributed by atoms with Gasteiger partial charge in [0, 0.05) is 10.7 Å². The Bertz CT molecular complexity index is 649. The predicted octanol–water partition coefficient (Wildman–Crippen LogP) is 3.99. The number of hydrogen-bond acceptors (Lipinski definition) is 3. The molecule has 4 nitrogen and oxygen atoms in total. The van der Waals surface area contributed by atoms with Crippen LogP contribution in [-0.2, 0) is 0 Å². The Morgan fingerprint density at radius 2 is 2.11 bits per heavy atom. The van der Waals surface area contributed by atoms with Crippen molar-refractivity contribution in [1.82, 2.24) is 4.98 Å². The lowest BCUT2D eigenvalue weighted by atomic mass is 10.2. The normalized spacial score (nSPS) is 10.3. The molecule has 0 radical (unpaired) electrons. The van der Waals surface area contributed by atoms with E-state index in [9.17, 15) is 4.79 Å². The Labute approximate surface area is 128 Å². The molecular formula is C12H8BrCl2N3O. The lowest BCUT2D eigenvalue weighted by molar-refractivity contribution is 0.102. The number of rotatable bonds is 2. The topological polar surface area (TPSA) is 68.0 Å². The van der Waals surface area contributed by atoms with Gasteiger partial charge < -0.3 is 11.1 Å². The largest absolute Gasteiger partial charge is 0.398 e. The van der Waals surface area contributed by atoms with Gasteiger partial charge in [-0.2, -0.15) is 0 Å². The van der Waals surface area contributed by atoms with Gasteiger partial charge in [0.05, 0.1) is 22.0 Å². The molecule has 0 fully saturated rings. The van der Waals surface area contributed by atoms with Crippen LogP contribution in [0.4, 0.5) is 11.4 Å². The number of nitrogens with zero attached hydrogens (tertiary/aromatic N) is 1. The SMILES string of the molecule is Nc1cccc(C(=O)Nc2cc(Br)cnc2Cl)c1Cl. The highest BCUT2D eigenvalue weighted by molar-refractivity contribution is 9.10. The van der Waals surface area contributed by atoms with E-state index < -0.39 is 5.91 Å². The van der Waals surface area contributed by atoms with Gasteiger partial charge >= 0.3 is 0 Å². The van der Waals surface area contributed by atoms with Crippen LogP contribution in [0.25, 0.3) is 0 Å². The Hall–Kier alpha value is -1.30. The summed E-state index contributed by atoms with van der Waals surface area (Å²) in [6.45, 7) is 0. The van der Waals surface area contributed by atoms with E-state index in [1.165, 1.54) is 6.20 Å². The molecule has 0 atom stereocenters. The van der Waals surface area contributed by atoms with Crippen molar-refractivity contribution in [1.29, 1.82) is 0 Å². The second-order valence-corrected chi connectivity index (χ2v) is 5.31. The van der Waals surface area contributed by atoms with E-state index in [1.807, 2.05) is 0 Å². The first-order chi connectivity index (χ1) is 8.99. The third-order valence-corrected chi connectivity index (χ3v) is 3.48. The summed E-state index contributed by atoms with van der Waals surface area (Å²) in [4.78, 5) is 16.0. The number of nitrogens with two attached hydrogens (primary N) is 1. The van der Waals surface area contributed by atoms with Crippen LogP contribution >= 0.6 is 39.1 Å². The van der Waals surface area contributed by atoms with Gasteiger partial charge in [0.2, 0.25) is 0 Å². The second kappa shape index (κ2) is 5.77. The quantitative estimate of drug-likeness (QED) is 0.628. The van der Waals surface area contributed by atoms with E-state index in [1.54, 1.807) is 24.3 Å². The number of nitrogens with one attached hydrogen (secondary N) is 1. The number of anilines is 2. The molecule has 2 rings (SSSR count). The fraction of sp³-hybridized carbons (Fsp3) is 0. The number of halogens is 3. The molecule has 0 aliphatic rings. The molecule has 0 aliphatic carbocycles. The van der Waals surface area contributed by atoms with E-state index in [4.69, 9.17) is 28.9 Å². The molecule has 1 heterocycles. The summed E-state index contributed by atoms with van der Waals surface area (Å²) in [6.07, 6.45) is 1.53. The minimum atomic E-state index is -0.404. The number of amides is 1. The molecule has 0 saturated carbocycles. The van der Waals surface area contributed by atoms with Crippen LogP contribution in [0.1, 0.15) is 10.4 Å². The standard InChI is InChI=1S/C12H8BrCl2N3O/c13-6-4-9(11(15)17-5-6)18-12(19)7-2-1-3-8(16)10(7)14/h1-5H,16H2,(H,18,19). The summed E-state index contributed by atoms with van der Waals surface area (Å²) < 4.78 is 0.700. The maximum atomic E-state index is 12.1. The molecule has 2 aromatic rings. The summed E-state index contributed by atoms with van der Waals surface area (Å²) in [5.41, 5.74) is 6.65. The van der Waals surface area contributed by atoms with Gasteiger partial charge in [0.1, 0.15) is 0 Å². The highest BCUT2D eigenvalue weighted by atomic mass is 79.9. The van der Waals surface area contributed by atoms with Crippen molar-refractivity contribution in [2.24, 2.45) is 0 Å². The van der Waals surface area contributed by atoms with Crippen molar-refractivity contribution in [2.45, 2.75) is 0 Å². The minimum Gasteiger partial charge on any atom is -0.398 e. The summed E-state index contributed by atoms with van der Waals surface area (Å²) in [6, 6.07) is 6.49. The highest BCUT2D eigenvalue weighted by Crippen LogP contribution is 2.26. The minimum absolute atomic E-state index is 0.191. The van der Waals surface area contributed by atoms with Crippen LogP contribution < -0.4 is 11.1 Å². The van der Waals surface area contributed by atoms with E-state index >= 15 is 0 Å². The molecule has 3 N–H and O–H groups in total. The van der Waals surface area contributed by atoms with Crippen molar-refractivity contribution in [2.75, 3.05) is 11.1 Å².